The lowest BCUT2D eigenvalue weighted by atomic mass is 10.3. The molecule has 2 rings (SSSR count). The molecule has 0 bridgehead atoms. The van der Waals surface area contributed by atoms with Crippen LogP contribution in [0.3, 0.4) is 0 Å². The Balaban J connectivity index is 2.28. The number of rotatable bonds is 2. The van der Waals surface area contributed by atoms with Crippen molar-refractivity contribution < 1.29 is 4.42 Å². The summed E-state index contributed by atoms with van der Waals surface area (Å²) < 4.78 is 7.04. The fourth-order valence-electron chi connectivity index (χ4n) is 1.48. The average molecular weight is 203 g/mol. The first-order chi connectivity index (χ1) is 7.15. The van der Waals surface area contributed by atoms with Crippen LogP contribution in [0.25, 0.3) is 0 Å². The molecule has 15 heavy (non-hydrogen) atoms. The molecule has 0 spiro atoms. The Morgan fingerprint density at radius 2 is 2.07 bits per heavy atom. The highest BCUT2D eigenvalue weighted by molar-refractivity contribution is 5.10. The molecule has 3 nitrogen and oxygen atoms in total. The van der Waals surface area contributed by atoms with Gasteiger partial charge in [0.05, 0.1) is 6.54 Å². The number of pyridine rings is 1. The Morgan fingerprint density at radius 3 is 2.67 bits per heavy atom. The van der Waals surface area contributed by atoms with E-state index in [1.54, 1.807) is 16.8 Å². The molecule has 0 fully saturated rings. The molecule has 0 aliphatic heterocycles. The van der Waals surface area contributed by atoms with Gasteiger partial charge in [-0.2, -0.15) is 0 Å². The van der Waals surface area contributed by atoms with Crippen molar-refractivity contribution in [1.82, 2.24) is 4.57 Å². The van der Waals surface area contributed by atoms with E-state index in [4.69, 9.17) is 4.42 Å². The van der Waals surface area contributed by atoms with E-state index >= 15 is 0 Å². The Labute approximate surface area is 88.0 Å². The zero-order chi connectivity index (χ0) is 10.8. The van der Waals surface area contributed by atoms with E-state index in [1.807, 2.05) is 32.0 Å². The van der Waals surface area contributed by atoms with Crippen LogP contribution in [0, 0.1) is 13.8 Å². The first-order valence-corrected chi connectivity index (χ1v) is 4.87. The third kappa shape index (κ3) is 2.18. The van der Waals surface area contributed by atoms with Crippen molar-refractivity contribution >= 4 is 0 Å². The maximum absolute atomic E-state index is 11.6. The SMILES string of the molecule is Cc1ccn(Cc2ccc(C)o2)c(=O)c1. The van der Waals surface area contributed by atoms with E-state index in [0.717, 1.165) is 17.1 Å². The van der Waals surface area contributed by atoms with E-state index in [-0.39, 0.29) is 5.56 Å². The van der Waals surface area contributed by atoms with Crippen molar-refractivity contribution in [2.75, 3.05) is 0 Å². The van der Waals surface area contributed by atoms with Gasteiger partial charge in [0.2, 0.25) is 0 Å². The van der Waals surface area contributed by atoms with Gasteiger partial charge in [0.25, 0.3) is 5.56 Å². The Morgan fingerprint density at radius 1 is 1.27 bits per heavy atom. The summed E-state index contributed by atoms with van der Waals surface area (Å²) in [6.45, 7) is 4.29. The number of furan rings is 1. The predicted octanol–water partition coefficient (Wildman–Crippen LogP) is 2.11. The average Bonchev–Trinajstić information content (AvgIpc) is 2.56. The predicted molar refractivity (Wildman–Crippen MR) is 58.0 cm³/mol. The van der Waals surface area contributed by atoms with Crippen molar-refractivity contribution in [3.8, 4) is 0 Å². The number of aromatic nitrogens is 1. The summed E-state index contributed by atoms with van der Waals surface area (Å²) in [5, 5.41) is 0. The minimum absolute atomic E-state index is 0.00375. The topological polar surface area (TPSA) is 35.1 Å². The van der Waals surface area contributed by atoms with Crippen LogP contribution in [0.1, 0.15) is 17.1 Å². The molecule has 0 amide bonds. The first kappa shape index (κ1) is 9.77. The summed E-state index contributed by atoms with van der Waals surface area (Å²) >= 11 is 0. The molecule has 0 atom stereocenters. The van der Waals surface area contributed by atoms with Crippen LogP contribution < -0.4 is 5.56 Å². The third-order valence-electron chi connectivity index (χ3n) is 2.27. The monoisotopic (exact) mass is 203 g/mol. The summed E-state index contributed by atoms with van der Waals surface area (Å²) in [6, 6.07) is 7.32. The molecule has 2 aromatic heterocycles. The molecular weight excluding hydrogens is 190 g/mol. The number of hydrogen-bond acceptors (Lipinski definition) is 2. The van der Waals surface area contributed by atoms with Crippen LogP contribution in [-0.4, -0.2) is 4.57 Å². The van der Waals surface area contributed by atoms with Gasteiger partial charge in [-0.1, -0.05) is 0 Å². The summed E-state index contributed by atoms with van der Waals surface area (Å²) in [7, 11) is 0. The van der Waals surface area contributed by atoms with Crippen LogP contribution in [0.4, 0.5) is 0 Å². The number of aryl methyl sites for hydroxylation is 2. The highest BCUT2D eigenvalue weighted by Crippen LogP contribution is 2.07. The second-order valence-electron chi connectivity index (χ2n) is 3.68. The van der Waals surface area contributed by atoms with E-state index < -0.39 is 0 Å². The van der Waals surface area contributed by atoms with Gasteiger partial charge in [-0.15, -0.1) is 0 Å². The van der Waals surface area contributed by atoms with Crippen LogP contribution in [0.5, 0.6) is 0 Å². The molecule has 0 radical (unpaired) electrons. The minimum Gasteiger partial charge on any atom is -0.464 e. The van der Waals surface area contributed by atoms with Gasteiger partial charge in [0.15, 0.2) is 0 Å². The zero-order valence-electron chi connectivity index (χ0n) is 8.86. The molecule has 2 heterocycles. The molecule has 0 saturated carbocycles. The lowest BCUT2D eigenvalue weighted by Gasteiger charge is -2.02. The lowest BCUT2D eigenvalue weighted by Crippen LogP contribution is -2.18. The maximum Gasteiger partial charge on any atom is 0.251 e. The number of hydrogen-bond donors (Lipinski definition) is 0. The highest BCUT2D eigenvalue weighted by atomic mass is 16.3. The summed E-state index contributed by atoms with van der Waals surface area (Å²) in [6.07, 6.45) is 1.79. The number of nitrogens with zero attached hydrogens (tertiary/aromatic N) is 1. The van der Waals surface area contributed by atoms with Crippen LogP contribution in [0.15, 0.2) is 39.7 Å². The summed E-state index contributed by atoms with van der Waals surface area (Å²) in [5.41, 5.74) is 0.982. The summed E-state index contributed by atoms with van der Waals surface area (Å²) in [4.78, 5) is 11.6. The van der Waals surface area contributed by atoms with E-state index in [2.05, 4.69) is 0 Å². The molecule has 0 saturated heterocycles. The van der Waals surface area contributed by atoms with Gasteiger partial charge in [-0.25, -0.2) is 0 Å². The van der Waals surface area contributed by atoms with E-state index in [0.29, 0.717) is 6.54 Å². The van der Waals surface area contributed by atoms with Crippen LogP contribution >= 0.6 is 0 Å². The van der Waals surface area contributed by atoms with Crippen molar-refractivity contribution in [3.05, 3.63) is 57.9 Å². The van der Waals surface area contributed by atoms with Crippen molar-refractivity contribution in [2.24, 2.45) is 0 Å². The van der Waals surface area contributed by atoms with Crippen LogP contribution in [0.2, 0.25) is 0 Å². The second kappa shape index (κ2) is 3.77. The van der Waals surface area contributed by atoms with Crippen molar-refractivity contribution in [1.29, 1.82) is 0 Å². The van der Waals surface area contributed by atoms with Gasteiger partial charge in [0.1, 0.15) is 11.5 Å². The molecule has 3 heteroatoms. The van der Waals surface area contributed by atoms with Crippen molar-refractivity contribution in [2.45, 2.75) is 20.4 Å². The van der Waals surface area contributed by atoms with Gasteiger partial charge >= 0.3 is 0 Å². The smallest absolute Gasteiger partial charge is 0.251 e. The van der Waals surface area contributed by atoms with Crippen LogP contribution in [-0.2, 0) is 6.54 Å². The normalized spacial score (nSPS) is 10.5. The molecule has 0 aromatic carbocycles. The molecule has 0 unspecified atom stereocenters. The van der Waals surface area contributed by atoms with Crippen molar-refractivity contribution in [3.63, 3.8) is 0 Å². The zero-order valence-corrected chi connectivity index (χ0v) is 8.86. The molecule has 0 N–H and O–H groups in total. The fourth-order valence-corrected chi connectivity index (χ4v) is 1.48. The Kier molecular flexibility index (Phi) is 2.46. The Hall–Kier alpha value is -1.77. The minimum atomic E-state index is 0.00375. The first-order valence-electron chi connectivity index (χ1n) is 4.87. The van der Waals surface area contributed by atoms with E-state index in [9.17, 15) is 4.79 Å². The van der Waals surface area contributed by atoms with Gasteiger partial charge < -0.3 is 8.98 Å². The largest absolute Gasteiger partial charge is 0.464 e. The molecule has 0 aliphatic carbocycles. The van der Waals surface area contributed by atoms with E-state index in [1.165, 1.54) is 0 Å². The third-order valence-corrected chi connectivity index (χ3v) is 2.27. The Bertz CT molecular complexity index is 522. The molecule has 78 valence electrons. The second-order valence-corrected chi connectivity index (χ2v) is 3.68. The van der Waals surface area contributed by atoms with Gasteiger partial charge in [-0.05, 0) is 37.6 Å². The molecule has 0 aliphatic rings. The quantitative estimate of drug-likeness (QED) is 0.749. The molecule has 2 aromatic rings. The fraction of sp³-hybridized carbons (Fsp3) is 0.250. The maximum atomic E-state index is 11.6. The van der Waals surface area contributed by atoms with Gasteiger partial charge in [-0.3, -0.25) is 4.79 Å². The summed E-state index contributed by atoms with van der Waals surface area (Å²) in [5.74, 6) is 1.67. The lowest BCUT2D eigenvalue weighted by molar-refractivity contribution is 0.467. The molecular formula is C12H13NO2. The van der Waals surface area contributed by atoms with Gasteiger partial charge in [0, 0.05) is 12.3 Å². The standard InChI is InChI=1S/C12H13NO2/c1-9-5-6-13(12(14)7-9)8-11-4-3-10(2)15-11/h3-7H,8H2,1-2H3. The highest BCUT2D eigenvalue weighted by Gasteiger charge is 2.01.